The summed E-state index contributed by atoms with van der Waals surface area (Å²) >= 11 is 0. The van der Waals surface area contributed by atoms with Crippen LogP contribution in [0.1, 0.15) is 12.5 Å². The van der Waals surface area contributed by atoms with Gasteiger partial charge in [0.1, 0.15) is 11.7 Å². The summed E-state index contributed by atoms with van der Waals surface area (Å²) in [6.07, 6.45) is 0.247. The van der Waals surface area contributed by atoms with Crippen molar-refractivity contribution in [1.82, 2.24) is 10.6 Å². The molecule has 1 saturated heterocycles. The van der Waals surface area contributed by atoms with Crippen molar-refractivity contribution in [2.24, 2.45) is 5.92 Å². The minimum absolute atomic E-state index is 0.247. The lowest BCUT2D eigenvalue weighted by Crippen LogP contribution is -2.56. The largest absolute Gasteiger partial charge is 0.494 e. The molecule has 0 aromatic heterocycles. The Hall–Kier alpha value is -2.37. The lowest BCUT2D eigenvalue weighted by Gasteiger charge is -2.20. The third-order valence-corrected chi connectivity index (χ3v) is 2.78. The van der Waals surface area contributed by atoms with E-state index in [1.165, 1.54) is 0 Å². The highest BCUT2D eigenvalue weighted by Crippen LogP contribution is 2.16. The topological polar surface area (TPSA) is 84.5 Å². The molecule has 0 spiro atoms. The fourth-order valence-electron chi connectivity index (χ4n) is 1.86. The molecule has 0 bridgehead atoms. The summed E-state index contributed by atoms with van der Waals surface area (Å²) in [6.45, 7) is 2.47. The van der Waals surface area contributed by atoms with Crippen LogP contribution in [0.25, 0.3) is 0 Å². The number of urea groups is 1. The second-order valence-electron chi connectivity index (χ2n) is 4.14. The molecule has 1 aromatic carbocycles. The number of rotatable bonds is 4. The number of hydrogen-bond donors (Lipinski definition) is 2. The van der Waals surface area contributed by atoms with Crippen molar-refractivity contribution < 1.29 is 19.1 Å². The molecule has 1 aliphatic rings. The normalized spacial score (nSPS) is 15.9. The first-order valence-electron chi connectivity index (χ1n) is 5.97. The summed E-state index contributed by atoms with van der Waals surface area (Å²) in [5, 5.41) is 4.15. The van der Waals surface area contributed by atoms with Gasteiger partial charge >= 0.3 is 6.03 Å². The van der Waals surface area contributed by atoms with Gasteiger partial charge in [-0.1, -0.05) is 12.1 Å². The van der Waals surface area contributed by atoms with Crippen LogP contribution in [-0.4, -0.2) is 24.5 Å². The molecule has 0 radical (unpaired) electrons. The Bertz CT molecular complexity index is 490. The maximum absolute atomic E-state index is 11.6. The summed E-state index contributed by atoms with van der Waals surface area (Å²) < 4.78 is 5.30. The van der Waals surface area contributed by atoms with Crippen molar-refractivity contribution in [3.63, 3.8) is 0 Å². The molecule has 6 nitrogen and oxygen atoms in total. The van der Waals surface area contributed by atoms with E-state index in [0.29, 0.717) is 6.61 Å². The van der Waals surface area contributed by atoms with Crippen LogP contribution in [0, 0.1) is 5.92 Å². The number of ether oxygens (including phenoxy) is 1. The molecular formula is C13H14N2O4. The van der Waals surface area contributed by atoms with Crippen molar-refractivity contribution in [2.75, 3.05) is 6.61 Å². The molecule has 19 heavy (non-hydrogen) atoms. The summed E-state index contributed by atoms with van der Waals surface area (Å²) in [4.78, 5) is 34.1. The van der Waals surface area contributed by atoms with E-state index in [1.807, 2.05) is 6.92 Å². The summed E-state index contributed by atoms with van der Waals surface area (Å²) in [5.74, 6) is -1.28. The van der Waals surface area contributed by atoms with Gasteiger partial charge in [0.15, 0.2) is 0 Å². The van der Waals surface area contributed by atoms with E-state index in [4.69, 9.17) is 4.74 Å². The number of benzene rings is 1. The standard InChI is InChI=1S/C13H14N2O4/c1-2-19-9-5-3-8(4-6-9)7-10-11(16)14-13(18)15-12(10)17/h3-6,10H,2,7H2,1H3,(H2,14,15,16,17,18). The Morgan fingerprint density at radius 2 is 1.63 bits per heavy atom. The maximum Gasteiger partial charge on any atom is 0.328 e. The molecule has 1 heterocycles. The van der Waals surface area contributed by atoms with Crippen LogP contribution in [0.5, 0.6) is 5.75 Å². The van der Waals surface area contributed by atoms with Crippen LogP contribution in [0.2, 0.25) is 0 Å². The monoisotopic (exact) mass is 262 g/mol. The van der Waals surface area contributed by atoms with E-state index in [9.17, 15) is 14.4 Å². The molecule has 0 unspecified atom stereocenters. The first-order chi connectivity index (χ1) is 9.10. The molecule has 100 valence electrons. The quantitative estimate of drug-likeness (QED) is 0.779. The van der Waals surface area contributed by atoms with E-state index in [0.717, 1.165) is 11.3 Å². The van der Waals surface area contributed by atoms with E-state index in [-0.39, 0.29) is 6.42 Å². The summed E-state index contributed by atoms with van der Waals surface area (Å²) in [5.41, 5.74) is 0.827. The average molecular weight is 262 g/mol. The Balaban J connectivity index is 2.05. The van der Waals surface area contributed by atoms with Gasteiger partial charge in [-0.05, 0) is 31.0 Å². The highest BCUT2D eigenvalue weighted by molar-refractivity contribution is 6.16. The molecular weight excluding hydrogens is 248 g/mol. The Morgan fingerprint density at radius 1 is 1.05 bits per heavy atom. The van der Waals surface area contributed by atoms with Crippen LogP contribution in [-0.2, 0) is 16.0 Å². The number of nitrogens with one attached hydrogen (secondary N) is 2. The zero-order valence-electron chi connectivity index (χ0n) is 10.4. The lowest BCUT2D eigenvalue weighted by molar-refractivity contribution is -0.135. The molecule has 2 rings (SSSR count). The number of imide groups is 2. The summed E-state index contributed by atoms with van der Waals surface area (Å²) in [6, 6.07) is 6.38. The highest BCUT2D eigenvalue weighted by Gasteiger charge is 2.33. The van der Waals surface area contributed by atoms with Crippen molar-refractivity contribution in [1.29, 1.82) is 0 Å². The molecule has 0 atom stereocenters. The first-order valence-corrected chi connectivity index (χ1v) is 5.97. The molecule has 4 amide bonds. The lowest BCUT2D eigenvalue weighted by atomic mass is 9.96. The molecule has 6 heteroatoms. The minimum Gasteiger partial charge on any atom is -0.494 e. The third-order valence-electron chi connectivity index (χ3n) is 2.78. The first kappa shape index (κ1) is 13.1. The van der Waals surface area contributed by atoms with Gasteiger partial charge < -0.3 is 4.74 Å². The predicted molar refractivity (Wildman–Crippen MR) is 66.5 cm³/mol. The third kappa shape index (κ3) is 3.09. The van der Waals surface area contributed by atoms with E-state index in [2.05, 4.69) is 10.6 Å². The van der Waals surface area contributed by atoms with Crippen LogP contribution >= 0.6 is 0 Å². The second kappa shape index (κ2) is 5.51. The van der Waals surface area contributed by atoms with Gasteiger partial charge in [0.25, 0.3) is 0 Å². The van der Waals surface area contributed by atoms with E-state index in [1.54, 1.807) is 24.3 Å². The zero-order chi connectivity index (χ0) is 13.8. The molecule has 1 fully saturated rings. The number of amides is 4. The van der Waals surface area contributed by atoms with Gasteiger partial charge in [0.2, 0.25) is 11.8 Å². The number of carbonyl (C=O) groups excluding carboxylic acids is 3. The van der Waals surface area contributed by atoms with Gasteiger partial charge in [-0.25, -0.2) is 4.79 Å². The van der Waals surface area contributed by atoms with Crippen molar-refractivity contribution in [2.45, 2.75) is 13.3 Å². The van der Waals surface area contributed by atoms with Crippen LogP contribution in [0.15, 0.2) is 24.3 Å². The number of carbonyl (C=O) groups is 3. The second-order valence-corrected chi connectivity index (χ2v) is 4.14. The predicted octanol–water partition coefficient (Wildman–Crippen LogP) is 0.610. The number of hydrogen-bond acceptors (Lipinski definition) is 4. The molecule has 0 saturated carbocycles. The molecule has 1 aromatic rings. The van der Waals surface area contributed by atoms with Gasteiger partial charge in [-0.3, -0.25) is 20.2 Å². The van der Waals surface area contributed by atoms with E-state index < -0.39 is 23.8 Å². The summed E-state index contributed by atoms with van der Waals surface area (Å²) in [7, 11) is 0. The van der Waals surface area contributed by atoms with Gasteiger partial charge in [0, 0.05) is 0 Å². The molecule has 2 N–H and O–H groups in total. The van der Waals surface area contributed by atoms with Gasteiger partial charge in [0.05, 0.1) is 6.61 Å². The van der Waals surface area contributed by atoms with Crippen molar-refractivity contribution >= 4 is 17.8 Å². The minimum atomic E-state index is -0.879. The smallest absolute Gasteiger partial charge is 0.328 e. The molecule has 0 aliphatic carbocycles. The maximum atomic E-state index is 11.6. The van der Waals surface area contributed by atoms with Crippen LogP contribution in [0.4, 0.5) is 4.79 Å². The van der Waals surface area contributed by atoms with Crippen LogP contribution in [0.3, 0.4) is 0 Å². The van der Waals surface area contributed by atoms with Gasteiger partial charge in [-0.2, -0.15) is 0 Å². The highest BCUT2D eigenvalue weighted by atomic mass is 16.5. The van der Waals surface area contributed by atoms with Gasteiger partial charge in [-0.15, -0.1) is 0 Å². The van der Waals surface area contributed by atoms with E-state index >= 15 is 0 Å². The van der Waals surface area contributed by atoms with Crippen molar-refractivity contribution in [3.8, 4) is 5.75 Å². The average Bonchev–Trinajstić information content (AvgIpc) is 2.36. The fourth-order valence-corrected chi connectivity index (χ4v) is 1.86. The Labute approximate surface area is 110 Å². The van der Waals surface area contributed by atoms with Crippen molar-refractivity contribution in [3.05, 3.63) is 29.8 Å². The fraction of sp³-hybridized carbons (Fsp3) is 0.308. The number of barbiturate groups is 1. The Kier molecular flexibility index (Phi) is 3.79. The SMILES string of the molecule is CCOc1ccc(CC2C(=O)NC(=O)NC2=O)cc1. The molecule has 1 aliphatic heterocycles. The Morgan fingerprint density at radius 3 is 2.16 bits per heavy atom. The zero-order valence-corrected chi connectivity index (χ0v) is 10.4. The van der Waals surface area contributed by atoms with Crippen LogP contribution < -0.4 is 15.4 Å².